The number of thioether (sulfide) groups is 1. The van der Waals surface area contributed by atoms with Gasteiger partial charge < -0.3 is 14.6 Å². The van der Waals surface area contributed by atoms with Crippen LogP contribution in [0.15, 0.2) is 53.7 Å². The summed E-state index contributed by atoms with van der Waals surface area (Å²) in [4.78, 5) is 23.1. The van der Waals surface area contributed by atoms with Crippen LogP contribution in [0.2, 0.25) is 5.02 Å². The fraction of sp³-hybridized carbons (Fsp3) is 0.286. The van der Waals surface area contributed by atoms with Crippen molar-refractivity contribution in [2.75, 3.05) is 19.0 Å². The van der Waals surface area contributed by atoms with Crippen molar-refractivity contribution in [3.8, 4) is 11.4 Å². The molecule has 3 aromatic rings. The van der Waals surface area contributed by atoms with Crippen molar-refractivity contribution in [3.05, 3.63) is 63.7 Å². The van der Waals surface area contributed by atoms with Crippen LogP contribution < -0.4 is 5.32 Å². The lowest BCUT2D eigenvalue weighted by Crippen LogP contribution is -2.23. The first-order chi connectivity index (χ1) is 15.4. The van der Waals surface area contributed by atoms with Gasteiger partial charge in [-0.1, -0.05) is 41.6 Å². The van der Waals surface area contributed by atoms with Crippen molar-refractivity contribution in [1.82, 2.24) is 14.8 Å². The number of hydrogen-bond donors (Lipinski definition) is 1. The van der Waals surface area contributed by atoms with Gasteiger partial charge in [0.2, 0.25) is 5.91 Å². The number of benzene rings is 2. The Hall–Kier alpha value is -2.95. The lowest BCUT2D eigenvalue weighted by molar-refractivity contribution is -0.384. The third-order valence-electron chi connectivity index (χ3n) is 4.54. The Bertz CT molecular complexity index is 1110. The third-order valence-corrected chi connectivity index (χ3v) is 5.95. The van der Waals surface area contributed by atoms with Crippen LogP contribution in [0, 0.1) is 10.1 Å². The van der Waals surface area contributed by atoms with E-state index >= 15 is 0 Å². The number of aromatic nitrogens is 3. The molecule has 0 saturated heterocycles. The zero-order valence-corrected chi connectivity index (χ0v) is 19.1. The molecular weight excluding hydrogens is 454 g/mol. The molecule has 0 radical (unpaired) electrons. The van der Waals surface area contributed by atoms with Crippen molar-refractivity contribution in [2.45, 2.75) is 30.3 Å². The molecule has 168 valence electrons. The highest BCUT2D eigenvalue weighted by Gasteiger charge is 2.22. The van der Waals surface area contributed by atoms with Gasteiger partial charge in [-0.25, -0.2) is 0 Å². The molecule has 1 N–H and O–H groups in total. The second-order valence-corrected chi connectivity index (χ2v) is 8.56. The summed E-state index contributed by atoms with van der Waals surface area (Å²) in [7, 11) is 1.64. The predicted octanol–water partition coefficient (Wildman–Crippen LogP) is 4.66. The van der Waals surface area contributed by atoms with E-state index in [-0.39, 0.29) is 11.6 Å². The molecular formula is C21H22ClN5O4S. The first kappa shape index (κ1) is 23.7. The highest BCUT2D eigenvalue weighted by atomic mass is 35.5. The Morgan fingerprint density at radius 3 is 2.78 bits per heavy atom. The van der Waals surface area contributed by atoms with Gasteiger partial charge in [0.25, 0.3) is 5.69 Å². The number of nitrogens with zero attached hydrogens (tertiary/aromatic N) is 4. The van der Waals surface area contributed by atoms with Gasteiger partial charge in [0.15, 0.2) is 11.0 Å². The van der Waals surface area contributed by atoms with Gasteiger partial charge in [0, 0.05) is 43.6 Å². The Morgan fingerprint density at radius 2 is 2.06 bits per heavy atom. The normalized spacial score (nSPS) is 11.8. The average molecular weight is 476 g/mol. The average Bonchev–Trinajstić information content (AvgIpc) is 3.16. The van der Waals surface area contributed by atoms with Crippen molar-refractivity contribution in [3.63, 3.8) is 0 Å². The molecule has 0 fully saturated rings. The van der Waals surface area contributed by atoms with Gasteiger partial charge in [-0.3, -0.25) is 14.9 Å². The Labute approximate surface area is 194 Å². The maximum Gasteiger partial charge on any atom is 0.271 e. The molecule has 1 unspecified atom stereocenters. The predicted molar refractivity (Wildman–Crippen MR) is 124 cm³/mol. The molecule has 0 aliphatic carbocycles. The molecule has 32 heavy (non-hydrogen) atoms. The number of halogens is 1. The minimum atomic E-state index is -0.529. The van der Waals surface area contributed by atoms with Crippen LogP contribution in [0.5, 0.6) is 0 Å². The molecule has 9 nitrogen and oxygen atoms in total. The zero-order valence-electron chi connectivity index (χ0n) is 17.5. The van der Waals surface area contributed by atoms with Crippen molar-refractivity contribution >= 4 is 40.6 Å². The standard InChI is InChI=1S/C21H22ClN5O4S/c1-14(20(28)23-15-7-5-8-16(13-15)27(29)30)32-21-25-24-19(26(21)11-6-12-31-2)17-9-3-4-10-18(17)22/h3-5,7-10,13-14H,6,11-12H2,1-2H3,(H,23,28). The fourth-order valence-corrected chi connectivity index (χ4v) is 4.03. The van der Waals surface area contributed by atoms with Gasteiger partial charge in [0.1, 0.15) is 0 Å². The van der Waals surface area contributed by atoms with E-state index in [0.717, 1.165) is 12.0 Å². The number of nitro benzene ring substituents is 1. The molecule has 1 amide bonds. The number of carbonyl (C=O) groups excluding carboxylic acids is 1. The first-order valence-electron chi connectivity index (χ1n) is 9.79. The lowest BCUT2D eigenvalue weighted by atomic mass is 10.2. The molecule has 1 atom stereocenters. The molecule has 11 heteroatoms. The van der Waals surface area contributed by atoms with Gasteiger partial charge in [-0.15, -0.1) is 10.2 Å². The van der Waals surface area contributed by atoms with E-state index in [1.807, 2.05) is 22.8 Å². The van der Waals surface area contributed by atoms with E-state index in [0.29, 0.717) is 34.8 Å². The second-order valence-electron chi connectivity index (χ2n) is 6.84. The number of ether oxygens (including phenoxy) is 1. The monoisotopic (exact) mass is 475 g/mol. The highest BCUT2D eigenvalue weighted by Crippen LogP contribution is 2.31. The lowest BCUT2D eigenvalue weighted by Gasteiger charge is -2.14. The molecule has 0 spiro atoms. The number of rotatable bonds is 10. The van der Waals surface area contributed by atoms with Gasteiger partial charge >= 0.3 is 0 Å². The summed E-state index contributed by atoms with van der Waals surface area (Å²) in [5.74, 6) is 0.307. The quantitative estimate of drug-likeness (QED) is 0.196. The molecule has 2 aromatic carbocycles. The number of hydrogen-bond acceptors (Lipinski definition) is 7. The highest BCUT2D eigenvalue weighted by molar-refractivity contribution is 8.00. The summed E-state index contributed by atoms with van der Waals surface area (Å²) >= 11 is 7.61. The number of anilines is 1. The molecule has 1 heterocycles. The summed E-state index contributed by atoms with van der Waals surface area (Å²) < 4.78 is 7.08. The van der Waals surface area contributed by atoms with Gasteiger partial charge in [-0.05, 0) is 31.5 Å². The molecule has 3 rings (SSSR count). The number of carbonyl (C=O) groups is 1. The van der Waals surface area contributed by atoms with Crippen molar-refractivity contribution in [2.24, 2.45) is 0 Å². The Kier molecular flexibility index (Phi) is 8.20. The fourth-order valence-electron chi connectivity index (χ4n) is 2.94. The molecule has 1 aromatic heterocycles. The first-order valence-corrected chi connectivity index (χ1v) is 11.1. The van der Waals surface area contributed by atoms with Crippen LogP contribution in [0.4, 0.5) is 11.4 Å². The minimum absolute atomic E-state index is 0.0922. The minimum Gasteiger partial charge on any atom is -0.385 e. The molecule has 0 bridgehead atoms. The third kappa shape index (κ3) is 5.84. The maximum absolute atomic E-state index is 12.7. The Morgan fingerprint density at radius 1 is 1.28 bits per heavy atom. The van der Waals surface area contributed by atoms with E-state index in [4.69, 9.17) is 16.3 Å². The number of nitro groups is 1. The largest absolute Gasteiger partial charge is 0.385 e. The van der Waals surface area contributed by atoms with Crippen molar-refractivity contribution < 1.29 is 14.5 Å². The number of non-ortho nitro benzene ring substituents is 1. The molecule has 0 saturated carbocycles. The van der Waals surface area contributed by atoms with E-state index < -0.39 is 10.2 Å². The number of amides is 1. The van der Waals surface area contributed by atoms with Crippen LogP contribution in [0.1, 0.15) is 13.3 Å². The van der Waals surface area contributed by atoms with Crippen LogP contribution in [-0.2, 0) is 16.1 Å². The summed E-state index contributed by atoms with van der Waals surface area (Å²) in [6.07, 6.45) is 0.730. The second kappa shape index (κ2) is 11.1. The molecule has 0 aliphatic heterocycles. The SMILES string of the molecule is COCCCn1c(SC(C)C(=O)Nc2cccc([N+](=O)[O-])c2)nnc1-c1ccccc1Cl. The maximum atomic E-state index is 12.7. The zero-order chi connectivity index (χ0) is 23.1. The van der Waals surface area contributed by atoms with E-state index in [9.17, 15) is 14.9 Å². The number of nitrogens with one attached hydrogen (secondary N) is 1. The smallest absolute Gasteiger partial charge is 0.271 e. The van der Waals surface area contributed by atoms with E-state index in [2.05, 4.69) is 15.5 Å². The van der Waals surface area contributed by atoms with Gasteiger partial charge in [-0.2, -0.15) is 0 Å². The molecule has 0 aliphatic rings. The van der Waals surface area contributed by atoms with E-state index in [1.165, 1.54) is 30.0 Å². The summed E-state index contributed by atoms with van der Waals surface area (Å²) in [6, 6.07) is 13.2. The topological polar surface area (TPSA) is 112 Å². The number of methoxy groups -OCH3 is 1. The van der Waals surface area contributed by atoms with E-state index in [1.54, 1.807) is 26.2 Å². The van der Waals surface area contributed by atoms with Crippen molar-refractivity contribution in [1.29, 1.82) is 0 Å². The summed E-state index contributed by atoms with van der Waals surface area (Å²) in [5, 5.41) is 22.9. The van der Waals surface area contributed by atoms with Gasteiger partial charge in [0.05, 0.1) is 15.2 Å². The Balaban J connectivity index is 1.79. The van der Waals surface area contributed by atoms with Crippen LogP contribution in [0.25, 0.3) is 11.4 Å². The van der Waals surface area contributed by atoms with Crippen LogP contribution in [-0.4, -0.2) is 44.6 Å². The van der Waals surface area contributed by atoms with Crippen LogP contribution >= 0.6 is 23.4 Å². The summed E-state index contributed by atoms with van der Waals surface area (Å²) in [5.41, 5.74) is 1.01. The van der Waals surface area contributed by atoms with Crippen LogP contribution in [0.3, 0.4) is 0 Å². The summed E-state index contributed by atoms with van der Waals surface area (Å²) in [6.45, 7) is 2.89.